The Morgan fingerprint density at radius 1 is 1.00 bits per heavy atom. The minimum absolute atomic E-state index is 0.337. The van der Waals surface area contributed by atoms with E-state index in [0.29, 0.717) is 12.8 Å². The summed E-state index contributed by atoms with van der Waals surface area (Å²) in [6.45, 7) is 4.43. The van der Waals surface area contributed by atoms with Crippen LogP contribution in [0.4, 0.5) is 0 Å². The first-order chi connectivity index (χ1) is 15.3. The molecule has 3 aromatic rings. The number of hydrogen-bond donors (Lipinski definition) is 1. The number of H-pyrrole nitrogens is 1. The van der Waals surface area contributed by atoms with Gasteiger partial charge in [0.15, 0.2) is 11.5 Å². The maximum absolute atomic E-state index is 5.74. The smallest absolute Gasteiger partial charge is 0.231 e. The molecule has 6 rings (SSSR count). The summed E-state index contributed by atoms with van der Waals surface area (Å²) < 4.78 is 17.0. The number of rotatable bonds is 5. The van der Waals surface area contributed by atoms with Gasteiger partial charge in [-0.2, -0.15) is 0 Å². The quantitative estimate of drug-likeness (QED) is 0.643. The summed E-state index contributed by atoms with van der Waals surface area (Å²) in [6, 6.07) is 15.7. The third kappa shape index (κ3) is 3.81. The lowest BCUT2D eigenvalue weighted by molar-refractivity contribution is 0.0423. The largest absolute Gasteiger partial charge is 0.454 e. The molecule has 3 aliphatic heterocycles. The molecule has 0 bridgehead atoms. The monoisotopic (exact) mass is 418 g/mol. The minimum atomic E-state index is 0.337. The predicted octanol–water partition coefficient (Wildman–Crippen LogP) is 4.86. The zero-order valence-corrected chi connectivity index (χ0v) is 17.9. The van der Waals surface area contributed by atoms with Crippen LogP contribution in [0, 0.1) is 5.92 Å². The molecule has 0 spiro atoms. The fraction of sp³-hybridized carbons (Fsp3) is 0.462. The number of benzene rings is 2. The molecule has 162 valence electrons. The van der Waals surface area contributed by atoms with Gasteiger partial charge in [-0.15, -0.1) is 0 Å². The van der Waals surface area contributed by atoms with Crippen molar-refractivity contribution in [2.45, 2.75) is 38.1 Å². The molecule has 0 amide bonds. The number of ether oxygens (including phenoxy) is 3. The highest BCUT2D eigenvalue weighted by Gasteiger charge is 2.32. The van der Waals surface area contributed by atoms with Gasteiger partial charge in [0.05, 0.1) is 0 Å². The number of hydrogen-bond acceptors (Lipinski definition) is 4. The van der Waals surface area contributed by atoms with E-state index in [2.05, 4.69) is 52.3 Å². The average molecular weight is 419 g/mol. The Morgan fingerprint density at radius 3 is 2.71 bits per heavy atom. The van der Waals surface area contributed by atoms with Crippen molar-refractivity contribution in [1.82, 2.24) is 9.88 Å². The lowest BCUT2D eigenvalue weighted by Crippen LogP contribution is -2.40. The van der Waals surface area contributed by atoms with Gasteiger partial charge in [-0.25, -0.2) is 0 Å². The molecule has 0 aliphatic carbocycles. The maximum Gasteiger partial charge on any atom is 0.231 e. The third-order valence-corrected chi connectivity index (χ3v) is 7.21. The van der Waals surface area contributed by atoms with Crippen LogP contribution in [0.25, 0.3) is 10.9 Å². The normalized spacial score (nSPS) is 21.5. The Balaban J connectivity index is 1.27. The zero-order chi connectivity index (χ0) is 20.6. The second-order valence-electron chi connectivity index (χ2n) is 9.14. The van der Waals surface area contributed by atoms with E-state index in [1.807, 2.05) is 0 Å². The fourth-order valence-corrected chi connectivity index (χ4v) is 5.52. The van der Waals surface area contributed by atoms with Gasteiger partial charge in [-0.3, -0.25) is 4.90 Å². The Morgan fingerprint density at radius 2 is 1.84 bits per heavy atom. The molecule has 0 radical (unpaired) electrons. The molecule has 1 aromatic heterocycles. The van der Waals surface area contributed by atoms with Crippen molar-refractivity contribution in [2.24, 2.45) is 5.92 Å². The number of fused-ring (bicyclic) bond motifs is 3. The highest BCUT2D eigenvalue weighted by atomic mass is 16.7. The second kappa shape index (κ2) is 8.21. The molecule has 0 saturated carbocycles. The molecule has 1 unspecified atom stereocenters. The molecule has 3 aliphatic rings. The topological polar surface area (TPSA) is 46.7 Å². The molecule has 2 aromatic carbocycles. The van der Waals surface area contributed by atoms with Crippen molar-refractivity contribution in [1.29, 1.82) is 0 Å². The highest BCUT2D eigenvalue weighted by Crippen LogP contribution is 2.42. The van der Waals surface area contributed by atoms with Gasteiger partial charge in [0.2, 0.25) is 6.79 Å². The van der Waals surface area contributed by atoms with Crippen LogP contribution in [0.15, 0.2) is 42.5 Å². The van der Waals surface area contributed by atoms with Gasteiger partial charge in [0, 0.05) is 43.6 Å². The SMILES string of the molecule is c1ccc2[nH]c(CCC3c4cc5c(cc4CCN3CC3CCOCC3)OCO5)cc2c1. The maximum atomic E-state index is 5.74. The van der Waals surface area contributed by atoms with Crippen LogP contribution in [0.3, 0.4) is 0 Å². The van der Waals surface area contributed by atoms with Crippen LogP contribution < -0.4 is 9.47 Å². The number of nitrogens with zero attached hydrogens (tertiary/aromatic N) is 1. The summed E-state index contributed by atoms with van der Waals surface area (Å²) in [5.74, 6) is 2.55. The molecule has 5 heteroatoms. The van der Waals surface area contributed by atoms with E-state index in [1.54, 1.807) is 0 Å². The standard InChI is InChI=1S/C26H30N2O3/c1-2-4-23-20(3-1)13-21(27-23)5-6-24-22-15-26-25(30-17-31-26)14-19(22)7-10-28(24)16-18-8-11-29-12-9-18/h1-4,13-15,18,24,27H,5-12,16-17H2. The molecular formula is C26H30N2O3. The van der Waals surface area contributed by atoms with Crippen LogP contribution in [0.2, 0.25) is 0 Å². The van der Waals surface area contributed by atoms with E-state index in [9.17, 15) is 0 Å². The molecule has 1 atom stereocenters. The first-order valence-electron chi connectivity index (χ1n) is 11.6. The molecular weight excluding hydrogens is 388 g/mol. The van der Waals surface area contributed by atoms with E-state index >= 15 is 0 Å². The summed E-state index contributed by atoms with van der Waals surface area (Å²) in [4.78, 5) is 6.34. The van der Waals surface area contributed by atoms with Crippen LogP contribution >= 0.6 is 0 Å². The Kier molecular flexibility index (Phi) is 5.09. The van der Waals surface area contributed by atoms with Crippen LogP contribution in [0.1, 0.15) is 42.1 Å². The zero-order valence-electron chi connectivity index (χ0n) is 17.9. The number of aromatic amines is 1. The van der Waals surface area contributed by atoms with Crippen LogP contribution in [-0.4, -0.2) is 43.0 Å². The number of nitrogens with one attached hydrogen (secondary N) is 1. The van der Waals surface area contributed by atoms with Crippen molar-refractivity contribution in [3.05, 3.63) is 59.3 Å². The van der Waals surface area contributed by atoms with Crippen molar-refractivity contribution in [3.63, 3.8) is 0 Å². The average Bonchev–Trinajstić information content (AvgIpc) is 3.43. The predicted molar refractivity (Wildman–Crippen MR) is 121 cm³/mol. The molecule has 31 heavy (non-hydrogen) atoms. The lowest BCUT2D eigenvalue weighted by Gasteiger charge is -2.40. The summed E-state index contributed by atoms with van der Waals surface area (Å²) in [6.07, 6.45) is 5.58. The van der Waals surface area contributed by atoms with E-state index in [-0.39, 0.29) is 0 Å². The minimum Gasteiger partial charge on any atom is -0.454 e. The number of aryl methyl sites for hydroxylation is 1. The fourth-order valence-electron chi connectivity index (χ4n) is 5.52. The molecule has 1 saturated heterocycles. The lowest BCUT2D eigenvalue weighted by atomic mass is 9.87. The third-order valence-electron chi connectivity index (χ3n) is 7.21. The number of para-hydroxylation sites is 1. The first kappa shape index (κ1) is 19.2. The molecule has 5 nitrogen and oxygen atoms in total. The van der Waals surface area contributed by atoms with Crippen molar-refractivity contribution in [2.75, 3.05) is 33.1 Å². The van der Waals surface area contributed by atoms with E-state index < -0.39 is 0 Å². The van der Waals surface area contributed by atoms with E-state index in [1.165, 1.54) is 40.6 Å². The van der Waals surface area contributed by atoms with Crippen molar-refractivity contribution >= 4 is 10.9 Å². The van der Waals surface area contributed by atoms with Gasteiger partial charge < -0.3 is 19.2 Å². The number of aromatic nitrogens is 1. The van der Waals surface area contributed by atoms with Crippen molar-refractivity contribution in [3.8, 4) is 11.5 Å². The van der Waals surface area contributed by atoms with Gasteiger partial charge in [0.25, 0.3) is 0 Å². The highest BCUT2D eigenvalue weighted by molar-refractivity contribution is 5.80. The van der Waals surface area contributed by atoms with E-state index in [0.717, 1.165) is 63.0 Å². The summed E-state index contributed by atoms with van der Waals surface area (Å²) in [5.41, 5.74) is 5.40. The van der Waals surface area contributed by atoms with Gasteiger partial charge >= 0.3 is 0 Å². The molecule has 1 fully saturated rings. The summed E-state index contributed by atoms with van der Waals surface area (Å²) >= 11 is 0. The summed E-state index contributed by atoms with van der Waals surface area (Å²) in [7, 11) is 0. The van der Waals surface area contributed by atoms with Gasteiger partial charge in [-0.1, -0.05) is 18.2 Å². The Labute approximate surface area is 183 Å². The van der Waals surface area contributed by atoms with Crippen molar-refractivity contribution < 1.29 is 14.2 Å². The second-order valence-corrected chi connectivity index (χ2v) is 9.14. The van der Waals surface area contributed by atoms with Gasteiger partial charge in [0.1, 0.15) is 0 Å². The van der Waals surface area contributed by atoms with Crippen LogP contribution in [-0.2, 0) is 17.6 Å². The first-order valence-corrected chi connectivity index (χ1v) is 11.6. The van der Waals surface area contributed by atoms with E-state index in [4.69, 9.17) is 14.2 Å². The molecule has 4 heterocycles. The molecule has 1 N–H and O–H groups in total. The summed E-state index contributed by atoms with van der Waals surface area (Å²) in [5, 5.41) is 1.30. The Hall–Kier alpha value is -2.50. The van der Waals surface area contributed by atoms with Crippen LogP contribution in [0.5, 0.6) is 11.5 Å². The Bertz CT molecular complexity index is 1040. The van der Waals surface area contributed by atoms with Gasteiger partial charge in [-0.05, 0) is 78.8 Å².